The second-order valence-electron chi connectivity index (χ2n) is 5.21. The zero-order valence-electron chi connectivity index (χ0n) is 12.6. The fourth-order valence-corrected chi connectivity index (χ4v) is 2.11. The molecule has 0 unspecified atom stereocenters. The van der Waals surface area contributed by atoms with E-state index in [1.165, 1.54) is 0 Å². The maximum Gasteiger partial charge on any atom is 0.222 e. The van der Waals surface area contributed by atoms with Crippen molar-refractivity contribution in [3.8, 4) is 5.75 Å². The summed E-state index contributed by atoms with van der Waals surface area (Å²) in [6, 6.07) is 15.6. The van der Waals surface area contributed by atoms with Gasteiger partial charge in [-0.25, -0.2) is 10.4 Å². The average molecular weight is 294 g/mol. The first-order valence-electron chi connectivity index (χ1n) is 7.21. The summed E-state index contributed by atoms with van der Waals surface area (Å²) in [6.07, 6.45) is 1.89. The Bertz CT molecular complexity index is 759. The molecule has 3 aromatic rings. The van der Waals surface area contributed by atoms with Crippen LogP contribution >= 0.6 is 0 Å². The minimum atomic E-state index is 0.154. The highest BCUT2D eigenvalue weighted by Crippen LogP contribution is 2.15. The summed E-state index contributed by atoms with van der Waals surface area (Å²) in [7, 11) is 0. The molecule has 3 rings (SSSR count). The van der Waals surface area contributed by atoms with Crippen molar-refractivity contribution in [3.05, 3.63) is 54.1 Å². The van der Waals surface area contributed by atoms with Crippen molar-refractivity contribution in [2.24, 2.45) is 5.10 Å². The van der Waals surface area contributed by atoms with Gasteiger partial charge in [-0.2, -0.15) is 5.10 Å². The number of hydrogen-bond acceptors (Lipinski definition) is 4. The van der Waals surface area contributed by atoms with Crippen molar-refractivity contribution in [2.45, 2.75) is 20.0 Å². The van der Waals surface area contributed by atoms with Gasteiger partial charge in [-0.15, -0.1) is 0 Å². The second-order valence-corrected chi connectivity index (χ2v) is 5.21. The summed E-state index contributed by atoms with van der Waals surface area (Å²) in [6.45, 7) is 4.01. The molecule has 0 bridgehead atoms. The molecule has 2 N–H and O–H groups in total. The van der Waals surface area contributed by atoms with E-state index in [-0.39, 0.29) is 6.10 Å². The van der Waals surface area contributed by atoms with E-state index in [1.54, 1.807) is 6.21 Å². The third-order valence-corrected chi connectivity index (χ3v) is 3.00. The standard InChI is InChI=1S/C17H18N4O/c1-12(2)22-14-7-5-6-13(10-14)11-18-21-17-19-15-8-3-4-9-16(15)20-17/h3-12H,1-2H3,(H2,19,20,21)/b18-11-. The lowest BCUT2D eigenvalue weighted by molar-refractivity contribution is 0.242. The van der Waals surface area contributed by atoms with E-state index in [0.717, 1.165) is 22.3 Å². The zero-order valence-corrected chi connectivity index (χ0v) is 12.6. The molecule has 0 spiro atoms. The molecule has 0 amide bonds. The third-order valence-electron chi connectivity index (χ3n) is 3.00. The molecule has 0 fully saturated rings. The van der Waals surface area contributed by atoms with Crippen molar-refractivity contribution in [1.82, 2.24) is 9.97 Å². The van der Waals surface area contributed by atoms with Crippen LogP contribution in [0.1, 0.15) is 19.4 Å². The summed E-state index contributed by atoms with van der Waals surface area (Å²) in [4.78, 5) is 7.55. The van der Waals surface area contributed by atoms with Crippen LogP contribution < -0.4 is 10.2 Å². The number of aromatic amines is 1. The number of ether oxygens (including phenoxy) is 1. The highest BCUT2D eigenvalue weighted by Gasteiger charge is 2.00. The Balaban J connectivity index is 1.69. The molecule has 0 saturated heterocycles. The van der Waals surface area contributed by atoms with Crippen LogP contribution in [0.3, 0.4) is 0 Å². The number of aromatic nitrogens is 2. The van der Waals surface area contributed by atoms with Crippen molar-refractivity contribution in [3.63, 3.8) is 0 Å². The fraction of sp³-hybridized carbons (Fsp3) is 0.176. The third kappa shape index (κ3) is 3.44. The molecule has 0 aliphatic rings. The summed E-state index contributed by atoms with van der Waals surface area (Å²) >= 11 is 0. The van der Waals surface area contributed by atoms with Crippen LogP contribution in [0.15, 0.2) is 53.6 Å². The first kappa shape index (κ1) is 14.1. The van der Waals surface area contributed by atoms with Crippen molar-refractivity contribution in [1.29, 1.82) is 0 Å². The summed E-state index contributed by atoms with van der Waals surface area (Å²) in [5.74, 6) is 1.45. The number of nitrogens with zero attached hydrogens (tertiary/aromatic N) is 2. The highest BCUT2D eigenvalue weighted by atomic mass is 16.5. The van der Waals surface area contributed by atoms with E-state index in [9.17, 15) is 0 Å². The number of anilines is 1. The summed E-state index contributed by atoms with van der Waals surface area (Å²) in [5.41, 5.74) is 5.75. The van der Waals surface area contributed by atoms with Crippen LogP contribution in [0.25, 0.3) is 11.0 Å². The van der Waals surface area contributed by atoms with E-state index >= 15 is 0 Å². The number of rotatable bonds is 5. The first-order chi connectivity index (χ1) is 10.7. The van der Waals surface area contributed by atoms with Gasteiger partial charge in [0.15, 0.2) is 0 Å². The van der Waals surface area contributed by atoms with Gasteiger partial charge >= 0.3 is 0 Å². The summed E-state index contributed by atoms with van der Waals surface area (Å²) in [5, 5.41) is 4.20. The molecule has 0 radical (unpaired) electrons. The van der Waals surface area contributed by atoms with Gasteiger partial charge in [0, 0.05) is 0 Å². The Morgan fingerprint density at radius 1 is 1.18 bits per heavy atom. The molecule has 0 saturated carbocycles. The van der Waals surface area contributed by atoms with Gasteiger partial charge in [0.1, 0.15) is 5.75 Å². The van der Waals surface area contributed by atoms with E-state index in [0.29, 0.717) is 5.95 Å². The van der Waals surface area contributed by atoms with E-state index in [4.69, 9.17) is 4.74 Å². The Hall–Kier alpha value is -2.82. The monoisotopic (exact) mass is 294 g/mol. The molecule has 112 valence electrons. The van der Waals surface area contributed by atoms with Gasteiger partial charge in [0.25, 0.3) is 0 Å². The molecule has 0 aliphatic carbocycles. The molecule has 1 aromatic heterocycles. The Kier molecular flexibility index (Phi) is 4.05. The van der Waals surface area contributed by atoms with E-state index < -0.39 is 0 Å². The maximum absolute atomic E-state index is 5.66. The lowest BCUT2D eigenvalue weighted by Gasteiger charge is -2.09. The molecular weight excluding hydrogens is 276 g/mol. The Labute approximate surface area is 129 Å². The van der Waals surface area contributed by atoms with Gasteiger partial charge in [-0.1, -0.05) is 24.3 Å². The number of benzene rings is 2. The van der Waals surface area contributed by atoms with Crippen LogP contribution in [-0.4, -0.2) is 22.3 Å². The normalized spacial score (nSPS) is 11.4. The van der Waals surface area contributed by atoms with Crippen LogP contribution in [0.2, 0.25) is 0 Å². The first-order valence-corrected chi connectivity index (χ1v) is 7.21. The van der Waals surface area contributed by atoms with Gasteiger partial charge in [0.05, 0.1) is 23.4 Å². The van der Waals surface area contributed by atoms with Gasteiger partial charge in [0.2, 0.25) is 5.95 Å². The minimum absolute atomic E-state index is 0.154. The van der Waals surface area contributed by atoms with Crippen LogP contribution in [-0.2, 0) is 0 Å². The second kappa shape index (κ2) is 6.30. The maximum atomic E-state index is 5.66. The molecule has 22 heavy (non-hydrogen) atoms. The molecule has 1 heterocycles. The van der Waals surface area contributed by atoms with Crippen LogP contribution in [0.5, 0.6) is 5.75 Å². The SMILES string of the molecule is CC(C)Oc1cccc(/C=N\Nc2nc3ccccc3[nH]2)c1. The zero-order chi connectivity index (χ0) is 15.4. The number of fused-ring (bicyclic) bond motifs is 1. The van der Waals surface area contributed by atoms with Gasteiger partial charge in [-0.3, -0.25) is 0 Å². The van der Waals surface area contributed by atoms with E-state index in [1.807, 2.05) is 62.4 Å². The minimum Gasteiger partial charge on any atom is -0.491 e. The predicted octanol–water partition coefficient (Wildman–Crippen LogP) is 3.80. The molecule has 5 nitrogen and oxygen atoms in total. The van der Waals surface area contributed by atoms with Crippen molar-refractivity contribution >= 4 is 23.2 Å². The largest absolute Gasteiger partial charge is 0.491 e. The Morgan fingerprint density at radius 3 is 2.86 bits per heavy atom. The fourth-order valence-electron chi connectivity index (χ4n) is 2.11. The van der Waals surface area contributed by atoms with E-state index in [2.05, 4.69) is 20.5 Å². The van der Waals surface area contributed by atoms with Crippen molar-refractivity contribution in [2.75, 3.05) is 5.43 Å². The Morgan fingerprint density at radius 2 is 2.05 bits per heavy atom. The topological polar surface area (TPSA) is 62.3 Å². The number of para-hydroxylation sites is 2. The number of nitrogens with one attached hydrogen (secondary N) is 2. The number of hydrogen-bond donors (Lipinski definition) is 2. The van der Waals surface area contributed by atoms with Crippen LogP contribution in [0.4, 0.5) is 5.95 Å². The number of imidazole rings is 1. The molecular formula is C17H18N4O. The number of hydrazone groups is 1. The quantitative estimate of drug-likeness (QED) is 0.556. The highest BCUT2D eigenvalue weighted by molar-refractivity contribution is 5.81. The molecule has 0 aliphatic heterocycles. The lowest BCUT2D eigenvalue weighted by atomic mass is 10.2. The van der Waals surface area contributed by atoms with Crippen molar-refractivity contribution < 1.29 is 4.74 Å². The lowest BCUT2D eigenvalue weighted by Crippen LogP contribution is -2.05. The molecule has 2 aromatic carbocycles. The molecule has 0 atom stereocenters. The van der Waals surface area contributed by atoms with Gasteiger partial charge in [-0.05, 0) is 43.7 Å². The van der Waals surface area contributed by atoms with Crippen LogP contribution in [0, 0.1) is 0 Å². The summed E-state index contributed by atoms with van der Waals surface area (Å²) < 4.78 is 5.66. The smallest absolute Gasteiger partial charge is 0.222 e. The number of H-pyrrole nitrogens is 1. The van der Waals surface area contributed by atoms with Gasteiger partial charge < -0.3 is 9.72 Å². The average Bonchev–Trinajstić information content (AvgIpc) is 2.89. The predicted molar refractivity (Wildman–Crippen MR) is 89.5 cm³/mol. The molecule has 5 heteroatoms.